The minimum absolute atomic E-state index is 0.886. The molecule has 1 rings (SSSR count). The Hall–Kier alpha value is -0.520. The molecule has 0 heteroatoms. The van der Waals surface area contributed by atoms with Crippen molar-refractivity contribution in [2.75, 3.05) is 0 Å². The average molecular weight is 220 g/mol. The van der Waals surface area contributed by atoms with Crippen LogP contribution in [0.4, 0.5) is 0 Å². The lowest BCUT2D eigenvalue weighted by Gasteiger charge is -2.20. The summed E-state index contributed by atoms with van der Waals surface area (Å²) in [6.45, 7) is 4.63. The zero-order valence-electron chi connectivity index (χ0n) is 11.2. The lowest BCUT2D eigenvalue weighted by molar-refractivity contribution is 0.473. The quantitative estimate of drug-likeness (QED) is 0.507. The van der Waals surface area contributed by atoms with Crippen LogP contribution in [0.25, 0.3) is 0 Å². The smallest absolute Gasteiger partial charge is 0.0203 e. The first-order chi connectivity index (χ1) is 7.88. The van der Waals surface area contributed by atoms with E-state index < -0.39 is 0 Å². The van der Waals surface area contributed by atoms with Crippen LogP contribution in [0.2, 0.25) is 0 Å². The highest BCUT2D eigenvalue weighted by Crippen LogP contribution is 2.28. The third-order valence-electron chi connectivity index (χ3n) is 3.57. The lowest BCUT2D eigenvalue weighted by Crippen LogP contribution is -2.05. The second-order valence-corrected chi connectivity index (χ2v) is 4.99. The maximum atomic E-state index is 2.54. The van der Waals surface area contributed by atoms with Crippen molar-refractivity contribution in [1.29, 1.82) is 0 Å². The molecule has 0 saturated heterocycles. The second-order valence-electron chi connectivity index (χ2n) is 4.99. The highest BCUT2D eigenvalue weighted by atomic mass is 14.2. The van der Waals surface area contributed by atoms with Crippen molar-refractivity contribution in [2.45, 2.75) is 71.6 Å². The van der Waals surface area contributed by atoms with E-state index in [1.165, 1.54) is 57.8 Å². The van der Waals surface area contributed by atoms with Gasteiger partial charge in [-0.15, -0.1) is 0 Å². The molecule has 0 fully saturated rings. The monoisotopic (exact) mass is 220 g/mol. The molecule has 92 valence electrons. The molecule has 0 aliphatic heterocycles. The summed E-state index contributed by atoms with van der Waals surface area (Å²) in [6.07, 6.45) is 19.2. The zero-order valence-corrected chi connectivity index (χ0v) is 11.2. The molecular formula is C16H28. The van der Waals surface area contributed by atoms with Crippen LogP contribution >= 0.6 is 0 Å². The van der Waals surface area contributed by atoms with E-state index in [0.29, 0.717) is 0 Å². The minimum Gasteiger partial charge on any atom is -0.0882 e. The molecule has 0 aromatic rings. The summed E-state index contributed by atoms with van der Waals surface area (Å²) in [5.74, 6) is 0.886. The van der Waals surface area contributed by atoms with E-state index in [9.17, 15) is 0 Å². The maximum Gasteiger partial charge on any atom is -0.0203 e. The van der Waals surface area contributed by atoms with Gasteiger partial charge < -0.3 is 0 Å². The molecule has 0 N–H and O–H groups in total. The van der Waals surface area contributed by atoms with Gasteiger partial charge in [-0.05, 0) is 44.4 Å². The Labute approximate surface area is 102 Å². The first-order valence-electron chi connectivity index (χ1n) is 7.22. The van der Waals surface area contributed by atoms with E-state index in [2.05, 4.69) is 32.1 Å². The number of allylic oxidation sites excluding steroid dienone is 4. The van der Waals surface area contributed by atoms with Crippen LogP contribution in [0.3, 0.4) is 0 Å². The van der Waals surface area contributed by atoms with Gasteiger partial charge in [0.15, 0.2) is 0 Å². The van der Waals surface area contributed by atoms with Gasteiger partial charge in [-0.3, -0.25) is 0 Å². The van der Waals surface area contributed by atoms with E-state index in [1.54, 1.807) is 5.57 Å². The molecule has 0 aromatic heterocycles. The Morgan fingerprint density at radius 2 is 1.81 bits per heavy atom. The van der Waals surface area contributed by atoms with E-state index in [-0.39, 0.29) is 0 Å². The molecule has 0 saturated carbocycles. The summed E-state index contributed by atoms with van der Waals surface area (Å²) in [6, 6.07) is 0. The van der Waals surface area contributed by atoms with Crippen molar-refractivity contribution in [2.24, 2.45) is 5.92 Å². The highest BCUT2D eigenvalue weighted by Gasteiger charge is 2.12. The molecule has 0 bridgehead atoms. The van der Waals surface area contributed by atoms with Crippen LogP contribution in [-0.2, 0) is 0 Å². The van der Waals surface area contributed by atoms with Crippen molar-refractivity contribution in [3.8, 4) is 0 Å². The molecule has 1 aliphatic carbocycles. The van der Waals surface area contributed by atoms with E-state index in [0.717, 1.165) is 5.92 Å². The van der Waals surface area contributed by atoms with Crippen molar-refractivity contribution < 1.29 is 0 Å². The first kappa shape index (κ1) is 13.5. The van der Waals surface area contributed by atoms with Crippen LogP contribution in [0.1, 0.15) is 71.6 Å². The molecule has 0 spiro atoms. The van der Waals surface area contributed by atoms with Gasteiger partial charge in [0, 0.05) is 0 Å². The van der Waals surface area contributed by atoms with Gasteiger partial charge in [0.2, 0.25) is 0 Å². The molecule has 1 atom stereocenters. The molecule has 0 heterocycles. The summed E-state index contributed by atoms with van der Waals surface area (Å²) in [7, 11) is 0. The summed E-state index contributed by atoms with van der Waals surface area (Å²) in [5.41, 5.74) is 1.76. The SMILES string of the molecule is CCCCC(CCC)C1=CCCC=CCC1. The van der Waals surface area contributed by atoms with Crippen LogP contribution in [0.5, 0.6) is 0 Å². The fourth-order valence-corrected chi connectivity index (χ4v) is 2.64. The zero-order chi connectivity index (χ0) is 11.6. The first-order valence-corrected chi connectivity index (χ1v) is 7.22. The van der Waals surface area contributed by atoms with Crippen molar-refractivity contribution in [1.82, 2.24) is 0 Å². The number of rotatable bonds is 6. The van der Waals surface area contributed by atoms with Gasteiger partial charge in [-0.2, -0.15) is 0 Å². The standard InChI is InChI=1S/C16H28/c1-3-5-12-15(11-4-2)16-13-9-7-6-8-10-14-16/h6-7,14-15H,3-5,8-13H2,1-2H3. The van der Waals surface area contributed by atoms with E-state index in [4.69, 9.17) is 0 Å². The van der Waals surface area contributed by atoms with Crippen molar-refractivity contribution in [3.05, 3.63) is 23.8 Å². The van der Waals surface area contributed by atoms with Crippen LogP contribution in [0.15, 0.2) is 23.8 Å². The van der Waals surface area contributed by atoms with Gasteiger partial charge >= 0.3 is 0 Å². The van der Waals surface area contributed by atoms with Crippen LogP contribution in [-0.4, -0.2) is 0 Å². The highest BCUT2D eigenvalue weighted by molar-refractivity contribution is 5.10. The second kappa shape index (κ2) is 8.61. The maximum absolute atomic E-state index is 2.54. The third-order valence-corrected chi connectivity index (χ3v) is 3.57. The van der Waals surface area contributed by atoms with E-state index in [1.807, 2.05) is 0 Å². The number of unbranched alkanes of at least 4 members (excludes halogenated alkanes) is 1. The third kappa shape index (κ3) is 5.01. The predicted octanol–water partition coefficient (Wildman–Crippen LogP) is 5.65. The number of hydrogen-bond acceptors (Lipinski definition) is 0. The molecule has 1 aliphatic rings. The normalized spacial score (nSPS) is 18.8. The van der Waals surface area contributed by atoms with Crippen LogP contribution < -0.4 is 0 Å². The Balaban J connectivity index is 2.52. The van der Waals surface area contributed by atoms with Gasteiger partial charge in [0.1, 0.15) is 0 Å². The lowest BCUT2D eigenvalue weighted by atomic mass is 9.85. The van der Waals surface area contributed by atoms with E-state index >= 15 is 0 Å². The van der Waals surface area contributed by atoms with Crippen LogP contribution in [0, 0.1) is 5.92 Å². The van der Waals surface area contributed by atoms with Gasteiger partial charge in [0.05, 0.1) is 0 Å². The molecular weight excluding hydrogens is 192 g/mol. The largest absolute Gasteiger partial charge is 0.0882 e. The molecule has 1 unspecified atom stereocenters. The number of hydrogen-bond donors (Lipinski definition) is 0. The van der Waals surface area contributed by atoms with Gasteiger partial charge in [0.25, 0.3) is 0 Å². The molecule has 0 radical (unpaired) electrons. The van der Waals surface area contributed by atoms with Crippen molar-refractivity contribution >= 4 is 0 Å². The predicted molar refractivity (Wildman–Crippen MR) is 73.6 cm³/mol. The topological polar surface area (TPSA) is 0 Å². The minimum atomic E-state index is 0.886. The van der Waals surface area contributed by atoms with Gasteiger partial charge in [-0.1, -0.05) is 56.9 Å². The Kier molecular flexibility index (Phi) is 7.29. The fourth-order valence-electron chi connectivity index (χ4n) is 2.64. The summed E-state index contributed by atoms with van der Waals surface area (Å²) >= 11 is 0. The van der Waals surface area contributed by atoms with Crippen molar-refractivity contribution in [3.63, 3.8) is 0 Å². The Morgan fingerprint density at radius 1 is 1.00 bits per heavy atom. The fraction of sp³-hybridized carbons (Fsp3) is 0.750. The molecule has 0 amide bonds. The molecule has 0 nitrogen and oxygen atoms in total. The Bertz CT molecular complexity index is 222. The van der Waals surface area contributed by atoms with Gasteiger partial charge in [-0.25, -0.2) is 0 Å². The summed E-state index contributed by atoms with van der Waals surface area (Å²) in [4.78, 5) is 0. The Morgan fingerprint density at radius 3 is 2.56 bits per heavy atom. The molecule has 0 aromatic carbocycles. The summed E-state index contributed by atoms with van der Waals surface area (Å²) < 4.78 is 0. The molecule has 16 heavy (non-hydrogen) atoms. The average Bonchev–Trinajstić information content (AvgIpc) is 2.24. The summed E-state index contributed by atoms with van der Waals surface area (Å²) in [5, 5.41) is 0.